The van der Waals surface area contributed by atoms with E-state index in [-0.39, 0.29) is 5.57 Å². The molecule has 0 bridgehead atoms. The average Bonchev–Trinajstić information content (AvgIpc) is 2.71. The van der Waals surface area contributed by atoms with Crippen molar-refractivity contribution in [1.82, 2.24) is 0 Å². The van der Waals surface area contributed by atoms with Crippen LogP contribution in [0.2, 0.25) is 0 Å². The van der Waals surface area contributed by atoms with Gasteiger partial charge in [-0.25, -0.2) is 4.79 Å². The molecule has 8 heteroatoms. The van der Waals surface area contributed by atoms with Crippen molar-refractivity contribution in [3.05, 3.63) is 72.9 Å². The fourth-order valence-electron chi connectivity index (χ4n) is 2.26. The number of carbonyl (C=O) groups is 2. The molecule has 0 aliphatic heterocycles. The zero-order chi connectivity index (χ0) is 21.4. The molecule has 0 heterocycles. The highest BCUT2D eigenvalue weighted by molar-refractivity contribution is 14.1. The molecule has 148 valence electrons. The first-order valence-corrected chi connectivity index (χ1v) is 10.4. The van der Waals surface area contributed by atoms with Crippen molar-refractivity contribution < 1.29 is 19.1 Å². The van der Waals surface area contributed by atoms with Gasteiger partial charge in [0.2, 0.25) is 0 Å². The molecule has 1 amide bonds. The smallest absolute Gasteiger partial charge is 0.337 e. The van der Waals surface area contributed by atoms with E-state index < -0.39 is 11.9 Å². The number of anilines is 1. The molecule has 6 nitrogen and oxygen atoms in total. The summed E-state index contributed by atoms with van der Waals surface area (Å²) in [5.74, 6) is -0.280. The zero-order valence-electron chi connectivity index (χ0n) is 15.4. The molecular weight excluding hydrogens is 598 g/mol. The predicted molar refractivity (Wildman–Crippen MR) is 128 cm³/mol. The van der Waals surface area contributed by atoms with Crippen LogP contribution in [0.5, 0.6) is 5.75 Å². The summed E-state index contributed by atoms with van der Waals surface area (Å²) in [6.07, 6.45) is 3.18. The molecule has 29 heavy (non-hydrogen) atoms. The Kier molecular flexibility index (Phi) is 8.66. The van der Waals surface area contributed by atoms with Gasteiger partial charge in [0.1, 0.15) is 24.0 Å². The molecule has 2 aromatic rings. The minimum absolute atomic E-state index is 0.0478. The molecule has 0 saturated carbocycles. The molecule has 0 atom stereocenters. The molecule has 2 aromatic carbocycles. The quantitative estimate of drug-likeness (QED) is 0.159. The van der Waals surface area contributed by atoms with Crippen LogP contribution in [0, 0.1) is 18.5 Å². The zero-order valence-corrected chi connectivity index (χ0v) is 19.7. The van der Waals surface area contributed by atoms with Crippen LogP contribution in [-0.2, 0) is 9.53 Å². The van der Waals surface area contributed by atoms with Gasteiger partial charge in [-0.1, -0.05) is 12.7 Å². The van der Waals surface area contributed by atoms with Crippen LogP contribution < -0.4 is 10.1 Å². The highest BCUT2D eigenvalue weighted by atomic mass is 127. The van der Waals surface area contributed by atoms with Gasteiger partial charge in [-0.3, -0.25) is 4.79 Å². The van der Waals surface area contributed by atoms with Crippen LogP contribution in [0.15, 0.2) is 54.6 Å². The minimum atomic E-state index is -0.546. The third-order valence-corrected chi connectivity index (χ3v) is 5.21. The van der Waals surface area contributed by atoms with Crippen LogP contribution in [0.25, 0.3) is 6.08 Å². The Morgan fingerprint density at radius 3 is 2.34 bits per heavy atom. The second-order valence-electron chi connectivity index (χ2n) is 5.61. The first kappa shape index (κ1) is 22.9. The van der Waals surface area contributed by atoms with Gasteiger partial charge in [-0.05, 0) is 93.2 Å². The van der Waals surface area contributed by atoms with Crippen molar-refractivity contribution in [3.63, 3.8) is 0 Å². The van der Waals surface area contributed by atoms with E-state index in [0.717, 1.165) is 12.9 Å². The van der Waals surface area contributed by atoms with E-state index in [4.69, 9.17) is 4.74 Å². The largest absolute Gasteiger partial charge is 0.487 e. The molecule has 0 aliphatic carbocycles. The lowest BCUT2D eigenvalue weighted by molar-refractivity contribution is -0.112. The van der Waals surface area contributed by atoms with E-state index >= 15 is 0 Å². The average molecular weight is 614 g/mol. The standard InChI is InChI=1S/C21H16I2N2O4/c1-3-8-29-19-17(22)10-13(11-18(19)23)9-15(12-24)20(26)25-16-6-4-14(5-7-16)21(27)28-2/h3-7,9-11H,1,8H2,2H3,(H,25,26)/b15-9+. The van der Waals surface area contributed by atoms with Crippen molar-refractivity contribution in [2.75, 3.05) is 19.0 Å². The van der Waals surface area contributed by atoms with E-state index in [1.165, 1.54) is 25.3 Å². The Bertz CT molecular complexity index is 985. The molecule has 0 fully saturated rings. The maximum absolute atomic E-state index is 12.5. The third-order valence-electron chi connectivity index (χ3n) is 3.61. The van der Waals surface area contributed by atoms with Crippen LogP contribution >= 0.6 is 45.2 Å². The number of nitrogens with zero attached hydrogens (tertiary/aromatic N) is 1. The summed E-state index contributed by atoms with van der Waals surface area (Å²) in [4.78, 5) is 23.9. The number of halogens is 2. The van der Waals surface area contributed by atoms with Crippen molar-refractivity contribution in [3.8, 4) is 11.8 Å². The summed E-state index contributed by atoms with van der Waals surface area (Å²) >= 11 is 4.29. The number of esters is 1. The molecule has 0 unspecified atom stereocenters. The first-order chi connectivity index (χ1) is 13.9. The topological polar surface area (TPSA) is 88.4 Å². The first-order valence-electron chi connectivity index (χ1n) is 8.23. The fourth-order valence-corrected chi connectivity index (χ4v) is 4.39. The summed E-state index contributed by atoms with van der Waals surface area (Å²) in [5, 5.41) is 12.1. The van der Waals surface area contributed by atoms with E-state index in [9.17, 15) is 14.9 Å². The number of ether oxygens (including phenoxy) is 2. The van der Waals surface area contributed by atoms with Crippen LogP contribution in [0.3, 0.4) is 0 Å². The number of nitrogens with one attached hydrogen (secondary N) is 1. The predicted octanol–water partition coefficient (Wildman–Crippen LogP) is 4.79. The summed E-state index contributed by atoms with van der Waals surface area (Å²) in [7, 11) is 1.29. The van der Waals surface area contributed by atoms with Gasteiger partial charge in [0.25, 0.3) is 5.91 Å². The molecule has 2 rings (SSSR count). The third kappa shape index (κ3) is 6.30. The molecule has 0 spiro atoms. The van der Waals surface area contributed by atoms with Gasteiger partial charge in [-0.2, -0.15) is 5.26 Å². The number of nitriles is 1. The number of hydrogen-bond donors (Lipinski definition) is 1. The Hall–Kier alpha value is -2.39. The van der Waals surface area contributed by atoms with Crippen LogP contribution in [0.1, 0.15) is 15.9 Å². The maximum Gasteiger partial charge on any atom is 0.337 e. The molecule has 0 radical (unpaired) electrons. The summed E-state index contributed by atoms with van der Waals surface area (Å²) in [6, 6.07) is 11.8. The summed E-state index contributed by atoms with van der Waals surface area (Å²) in [5.41, 5.74) is 1.48. The highest BCUT2D eigenvalue weighted by Gasteiger charge is 2.13. The fraction of sp³-hybridized carbons (Fsp3) is 0.0952. The number of benzene rings is 2. The normalized spacial score (nSPS) is 10.6. The van der Waals surface area contributed by atoms with Gasteiger partial charge >= 0.3 is 5.97 Å². The molecule has 1 N–H and O–H groups in total. The Balaban J connectivity index is 2.21. The lowest BCUT2D eigenvalue weighted by Gasteiger charge is -2.10. The molecule has 0 aromatic heterocycles. The Morgan fingerprint density at radius 2 is 1.83 bits per heavy atom. The Labute approximate surface area is 195 Å². The molecule has 0 aliphatic rings. The number of carbonyl (C=O) groups excluding carboxylic acids is 2. The number of amides is 1. The van der Waals surface area contributed by atoms with E-state index in [1.807, 2.05) is 18.2 Å². The van der Waals surface area contributed by atoms with E-state index in [0.29, 0.717) is 23.4 Å². The monoisotopic (exact) mass is 614 g/mol. The second-order valence-corrected chi connectivity index (χ2v) is 7.93. The van der Waals surface area contributed by atoms with Crippen molar-refractivity contribution in [1.29, 1.82) is 5.26 Å². The van der Waals surface area contributed by atoms with Gasteiger partial charge in [0.15, 0.2) is 0 Å². The number of rotatable bonds is 7. The van der Waals surface area contributed by atoms with Crippen molar-refractivity contribution in [2.24, 2.45) is 0 Å². The van der Waals surface area contributed by atoms with Crippen LogP contribution in [0.4, 0.5) is 5.69 Å². The lowest BCUT2D eigenvalue weighted by Crippen LogP contribution is -2.13. The van der Waals surface area contributed by atoms with E-state index in [2.05, 4.69) is 61.8 Å². The SMILES string of the molecule is C=CCOc1c(I)cc(/C=C(\C#N)C(=O)Nc2ccc(C(=O)OC)cc2)cc1I. The lowest BCUT2D eigenvalue weighted by atomic mass is 10.1. The second kappa shape index (κ2) is 11.0. The van der Waals surface area contributed by atoms with Crippen molar-refractivity contribution >= 4 is 68.8 Å². The van der Waals surface area contributed by atoms with Crippen molar-refractivity contribution in [2.45, 2.75) is 0 Å². The summed E-state index contributed by atoms with van der Waals surface area (Å²) in [6.45, 7) is 4.02. The highest BCUT2D eigenvalue weighted by Crippen LogP contribution is 2.30. The van der Waals surface area contributed by atoms with E-state index in [1.54, 1.807) is 18.2 Å². The van der Waals surface area contributed by atoms with Gasteiger partial charge < -0.3 is 14.8 Å². The van der Waals surface area contributed by atoms with Gasteiger partial charge in [0.05, 0.1) is 19.8 Å². The van der Waals surface area contributed by atoms with Gasteiger partial charge in [-0.15, -0.1) is 0 Å². The Morgan fingerprint density at radius 1 is 1.21 bits per heavy atom. The molecular formula is C21H16I2N2O4. The molecule has 0 saturated heterocycles. The van der Waals surface area contributed by atoms with Gasteiger partial charge in [0, 0.05) is 5.69 Å². The summed E-state index contributed by atoms with van der Waals surface area (Å²) < 4.78 is 12.0. The minimum Gasteiger partial charge on any atom is -0.487 e. The number of methoxy groups -OCH3 is 1. The maximum atomic E-state index is 12.5. The number of hydrogen-bond acceptors (Lipinski definition) is 5. The van der Waals surface area contributed by atoms with Crippen LogP contribution in [-0.4, -0.2) is 25.6 Å².